The molecule has 2 rings (SSSR count). The highest BCUT2D eigenvalue weighted by Gasteiger charge is 2.46. The SMILES string of the molecule is COC(=O)C1CC(O)CN1S(=O)(=O)N1CCC(C)CC1. The number of carbonyl (C=O) groups is 1. The highest BCUT2D eigenvalue weighted by Crippen LogP contribution is 2.27. The van der Waals surface area contributed by atoms with Gasteiger partial charge in [-0.1, -0.05) is 6.92 Å². The third-order valence-corrected chi connectivity index (χ3v) is 6.09. The normalized spacial score (nSPS) is 30.6. The minimum absolute atomic E-state index is 0.0475. The number of rotatable bonds is 3. The molecule has 0 aliphatic carbocycles. The lowest BCUT2D eigenvalue weighted by molar-refractivity contribution is -0.144. The van der Waals surface area contributed by atoms with Crippen molar-refractivity contribution in [3.8, 4) is 0 Å². The zero-order valence-electron chi connectivity index (χ0n) is 11.9. The quantitative estimate of drug-likeness (QED) is 0.715. The largest absolute Gasteiger partial charge is 0.468 e. The molecule has 0 amide bonds. The summed E-state index contributed by atoms with van der Waals surface area (Å²) in [6.07, 6.45) is 0.908. The van der Waals surface area contributed by atoms with Crippen molar-refractivity contribution >= 4 is 16.2 Å². The average molecular weight is 306 g/mol. The van der Waals surface area contributed by atoms with Crippen LogP contribution in [-0.4, -0.2) is 67.0 Å². The molecule has 7 nitrogen and oxygen atoms in total. The number of nitrogens with zero attached hydrogens (tertiary/aromatic N) is 2. The first kappa shape index (κ1) is 15.7. The van der Waals surface area contributed by atoms with Gasteiger partial charge in [-0.3, -0.25) is 4.79 Å². The van der Waals surface area contributed by atoms with Gasteiger partial charge in [-0.2, -0.15) is 17.0 Å². The number of piperidine rings is 1. The summed E-state index contributed by atoms with van der Waals surface area (Å²) in [7, 11) is -2.49. The number of aliphatic hydroxyl groups is 1. The number of esters is 1. The molecular formula is C12H22N2O5S. The Bertz CT molecular complexity index is 458. The Balaban J connectivity index is 2.17. The highest BCUT2D eigenvalue weighted by molar-refractivity contribution is 7.86. The van der Waals surface area contributed by atoms with Crippen LogP contribution in [0.1, 0.15) is 26.2 Å². The summed E-state index contributed by atoms with van der Waals surface area (Å²) >= 11 is 0. The second-order valence-electron chi connectivity index (χ2n) is 5.59. The van der Waals surface area contributed by atoms with E-state index in [1.807, 2.05) is 0 Å². The van der Waals surface area contributed by atoms with Crippen LogP contribution < -0.4 is 0 Å². The molecule has 2 fully saturated rings. The van der Waals surface area contributed by atoms with Crippen molar-refractivity contribution in [2.45, 2.75) is 38.3 Å². The zero-order valence-corrected chi connectivity index (χ0v) is 12.7. The minimum atomic E-state index is -3.72. The third kappa shape index (κ3) is 2.98. The van der Waals surface area contributed by atoms with Crippen LogP contribution in [0.4, 0.5) is 0 Å². The molecule has 2 heterocycles. The number of methoxy groups -OCH3 is 1. The van der Waals surface area contributed by atoms with Crippen molar-refractivity contribution in [1.82, 2.24) is 8.61 Å². The predicted octanol–water partition coefficient (Wildman–Crippen LogP) is -0.429. The van der Waals surface area contributed by atoms with Crippen LogP contribution in [0.25, 0.3) is 0 Å². The zero-order chi connectivity index (χ0) is 14.9. The monoisotopic (exact) mass is 306 g/mol. The van der Waals surface area contributed by atoms with Gasteiger partial charge < -0.3 is 9.84 Å². The number of hydrogen-bond donors (Lipinski definition) is 1. The van der Waals surface area contributed by atoms with E-state index in [4.69, 9.17) is 0 Å². The highest BCUT2D eigenvalue weighted by atomic mass is 32.2. The van der Waals surface area contributed by atoms with Gasteiger partial charge in [0.15, 0.2) is 0 Å². The molecular weight excluding hydrogens is 284 g/mol. The molecule has 8 heteroatoms. The van der Waals surface area contributed by atoms with E-state index in [0.29, 0.717) is 19.0 Å². The molecule has 0 aromatic heterocycles. The van der Waals surface area contributed by atoms with Crippen molar-refractivity contribution in [1.29, 1.82) is 0 Å². The first-order valence-corrected chi connectivity index (χ1v) is 8.28. The van der Waals surface area contributed by atoms with Crippen molar-refractivity contribution in [3.63, 3.8) is 0 Å². The van der Waals surface area contributed by atoms with Gasteiger partial charge in [0.1, 0.15) is 6.04 Å². The lowest BCUT2D eigenvalue weighted by atomic mass is 10.0. The fourth-order valence-electron chi connectivity index (χ4n) is 2.75. The van der Waals surface area contributed by atoms with Crippen LogP contribution in [0.5, 0.6) is 0 Å². The van der Waals surface area contributed by atoms with Gasteiger partial charge in [-0.25, -0.2) is 0 Å². The van der Waals surface area contributed by atoms with Crippen molar-refractivity contribution < 1.29 is 23.1 Å². The molecule has 0 saturated carbocycles. The maximum atomic E-state index is 12.6. The molecule has 2 atom stereocenters. The number of carbonyl (C=O) groups excluding carboxylic acids is 1. The molecule has 2 aliphatic heterocycles. The van der Waals surface area contributed by atoms with Crippen LogP contribution >= 0.6 is 0 Å². The van der Waals surface area contributed by atoms with Crippen molar-refractivity contribution in [3.05, 3.63) is 0 Å². The van der Waals surface area contributed by atoms with E-state index in [2.05, 4.69) is 11.7 Å². The van der Waals surface area contributed by atoms with E-state index < -0.39 is 28.3 Å². The molecule has 1 N–H and O–H groups in total. The van der Waals surface area contributed by atoms with E-state index >= 15 is 0 Å². The molecule has 116 valence electrons. The smallest absolute Gasteiger partial charge is 0.324 e. The number of ether oxygens (including phenoxy) is 1. The molecule has 2 aliphatic rings. The second kappa shape index (κ2) is 5.97. The van der Waals surface area contributed by atoms with Gasteiger partial charge in [-0.05, 0) is 18.8 Å². The summed E-state index contributed by atoms with van der Waals surface area (Å²) in [6.45, 7) is 2.98. The molecule has 0 bridgehead atoms. The summed E-state index contributed by atoms with van der Waals surface area (Å²) in [6, 6.07) is -0.917. The summed E-state index contributed by atoms with van der Waals surface area (Å²) < 4.78 is 32.3. The first-order valence-electron chi connectivity index (χ1n) is 6.89. The lowest BCUT2D eigenvalue weighted by Crippen LogP contribution is -2.50. The van der Waals surface area contributed by atoms with E-state index in [9.17, 15) is 18.3 Å². The molecule has 0 aromatic rings. The van der Waals surface area contributed by atoms with Gasteiger partial charge in [-0.15, -0.1) is 0 Å². The topological polar surface area (TPSA) is 87.1 Å². The lowest BCUT2D eigenvalue weighted by Gasteiger charge is -2.33. The van der Waals surface area contributed by atoms with Gasteiger partial charge in [0.2, 0.25) is 0 Å². The van der Waals surface area contributed by atoms with Crippen LogP contribution in [0.15, 0.2) is 0 Å². The Morgan fingerprint density at radius 1 is 1.30 bits per heavy atom. The summed E-state index contributed by atoms with van der Waals surface area (Å²) in [4.78, 5) is 11.7. The third-order valence-electron chi connectivity index (χ3n) is 4.07. The predicted molar refractivity (Wildman–Crippen MR) is 72.0 cm³/mol. The Morgan fingerprint density at radius 3 is 2.45 bits per heavy atom. The van der Waals surface area contributed by atoms with Crippen LogP contribution in [0.3, 0.4) is 0 Å². The van der Waals surface area contributed by atoms with Crippen molar-refractivity contribution in [2.24, 2.45) is 5.92 Å². The summed E-state index contributed by atoms with van der Waals surface area (Å²) in [5.41, 5.74) is 0. The molecule has 0 aromatic carbocycles. The fourth-order valence-corrected chi connectivity index (χ4v) is 4.58. The number of hydrogen-bond acceptors (Lipinski definition) is 5. The fraction of sp³-hybridized carbons (Fsp3) is 0.917. The summed E-state index contributed by atoms with van der Waals surface area (Å²) in [5.74, 6) is -0.0995. The Morgan fingerprint density at radius 2 is 1.90 bits per heavy atom. The molecule has 0 spiro atoms. The van der Waals surface area contributed by atoms with Gasteiger partial charge >= 0.3 is 5.97 Å². The Labute approximate surface area is 119 Å². The number of β-amino-alcohol motifs (C(OH)–C–C–N with tert-alkyl or cyclic N) is 1. The van der Waals surface area contributed by atoms with E-state index in [1.165, 1.54) is 11.4 Å². The van der Waals surface area contributed by atoms with E-state index in [1.54, 1.807) is 0 Å². The van der Waals surface area contributed by atoms with Crippen molar-refractivity contribution in [2.75, 3.05) is 26.7 Å². The average Bonchev–Trinajstić information content (AvgIpc) is 2.81. The van der Waals surface area contributed by atoms with Gasteiger partial charge in [0.25, 0.3) is 10.2 Å². The Hall–Kier alpha value is -0.700. The molecule has 2 saturated heterocycles. The standard InChI is InChI=1S/C12H22N2O5S/c1-9-3-5-13(6-4-9)20(17,18)14-8-10(15)7-11(14)12(16)19-2/h9-11,15H,3-8H2,1-2H3. The van der Waals surface area contributed by atoms with Gasteiger partial charge in [0, 0.05) is 26.1 Å². The summed E-state index contributed by atoms with van der Waals surface area (Å²) in [5, 5.41) is 9.69. The molecule has 20 heavy (non-hydrogen) atoms. The van der Waals surface area contributed by atoms with Crippen LogP contribution in [-0.2, 0) is 19.7 Å². The van der Waals surface area contributed by atoms with Gasteiger partial charge in [0.05, 0.1) is 13.2 Å². The second-order valence-corrected chi connectivity index (χ2v) is 7.47. The van der Waals surface area contributed by atoms with Crippen LogP contribution in [0, 0.1) is 5.92 Å². The minimum Gasteiger partial charge on any atom is -0.468 e. The maximum absolute atomic E-state index is 12.6. The first-order chi connectivity index (χ1) is 9.36. The molecule has 2 unspecified atom stereocenters. The Kier molecular flexibility index (Phi) is 4.68. The van der Waals surface area contributed by atoms with Crippen LogP contribution in [0.2, 0.25) is 0 Å². The maximum Gasteiger partial charge on any atom is 0.324 e. The molecule has 0 radical (unpaired) electrons. The number of aliphatic hydroxyl groups excluding tert-OH is 1. The van der Waals surface area contributed by atoms with E-state index in [-0.39, 0.29) is 13.0 Å². The van der Waals surface area contributed by atoms with E-state index in [0.717, 1.165) is 17.1 Å².